The number of amides is 2. The summed E-state index contributed by atoms with van der Waals surface area (Å²) in [5, 5.41) is 11.7. The summed E-state index contributed by atoms with van der Waals surface area (Å²) < 4.78 is 5.00. The van der Waals surface area contributed by atoms with Gasteiger partial charge in [0.25, 0.3) is 5.91 Å². The van der Waals surface area contributed by atoms with Crippen LogP contribution in [0, 0.1) is 13.8 Å². The van der Waals surface area contributed by atoms with Crippen LogP contribution in [-0.4, -0.2) is 40.9 Å². The Kier molecular flexibility index (Phi) is 5.59. The highest BCUT2D eigenvalue weighted by Crippen LogP contribution is 2.19. The Bertz CT molecular complexity index is 789. The number of nitrogens with zero attached hydrogens (tertiary/aromatic N) is 1. The molecule has 132 valence electrons. The summed E-state index contributed by atoms with van der Waals surface area (Å²) in [4.78, 5) is 36.9. The predicted octanol–water partition coefficient (Wildman–Crippen LogP) is 2.70. The first kappa shape index (κ1) is 18.3. The lowest BCUT2D eigenvalue weighted by atomic mass is 10.1. The van der Waals surface area contributed by atoms with Crippen molar-refractivity contribution in [1.82, 2.24) is 4.90 Å². The largest absolute Gasteiger partial charge is 0.478 e. The van der Waals surface area contributed by atoms with Gasteiger partial charge in [-0.25, -0.2) is 4.79 Å². The molecule has 0 aliphatic heterocycles. The third kappa shape index (κ3) is 4.26. The maximum Gasteiger partial charge on any atom is 0.338 e. The Morgan fingerprint density at radius 3 is 2.36 bits per heavy atom. The van der Waals surface area contributed by atoms with Gasteiger partial charge in [-0.2, -0.15) is 0 Å². The van der Waals surface area contributed by atoms with E-state index in [0.717, 1.165) is 29.1 Å². The molecule has 2 rings (SSSR count). The van der Waals surface area contributed by atoms with Crippen LogP contribution in [0.1, 0.15) is 39.0 Å². The lowest BCUT2D eigenvalue weighted by Gasteiger charge is -2.20. The number of hydrogen-bond donors (Lipinski definition) is 2. The van der Waals surface area contributed by atoms with Crippen molar-refractivity contribution >= 4 is 23.5 Å². The molecular weight excluding hydrogens is 324 g/mol. The van der Waals surface area contributed by atoms with Crippen molar-refractivity contribution in [2.45, 2.75) is 20.8 Å². The normalized spacial score (nSPS) is 10.4. The van der Waals surface area contributed by atoms with Gasteiger partial charge in [0.05, 0.1) is 5.56 Å². The molecular formula is C18H20N2O5. The molecule has 0 radical (unpaired) electrons. The van der Waals surface area contributed by atoms with E-state index >= 15 is 0 Å². The number of furan rings is 1. The molecule has 2 N–H and O–H groups in total. The molecule has 1 aromatic heterocycles. The van der Waals surface area contributed by atoms with E-state index in [1.165, 1.54) is 4.90 Å². The van der Waals surface area contributed by atoms with Crippen LogP contribution in [0.25, 0.3) is 0 Å². The van der Waals surface area contributed by atoms with Crippen molar-refractivity contribution in [2.24, 2.45) is 0 Å². The Morgan fingerprint density at radius 1 is 1.20 bits per heavy atom. The minimum absolute atomic E-state index is 0.112. The average Bonchev–Trinajstić information content (AvgIpc) is 3.06. The number of aryl methyl sites for hydroxylation is 2. The zero-order chi connectivity index (χ0) is 18.6. The summed E-state index contributed by atoms with van der Waals surface area (Å²) in [6, 6.07) is 6.83. The topological polar surface area (TPSA) is 99.9 Å². The summed E-state index contributed by atoms with van der Waals surface area (Å²) in [5.41, 5.74) is 2.47. The van der Waals surface area contributed by atoms with E-state index in [4.69, 9.17) is 9.52 Å². The number of nitrogens with one attached hydrogen (secondary N) is 1. The van der Waals surface area contributed by atoms with Crippen molar-refractivity contribution < 1.29 is 23.9 Å². The molecule has 1 heterocycles. The molecule has 25 heavy (non-hydrogen) atoms. The number of para-hydroxylation sites is 1. The van der Waals surface area contributed by atoms with Crippen LogP contribution in [0.15, 0.2) is 34.9 Å². The molecule has 0 aliphatic rings. The highest BCUT2D eigenvalue weighted by molar-refractivity contribution is 6.00. The van der Waals surface area contributed by atoms with Crippen molar-refractivity contribution in [1.29, 1.82) is 0 Å². The Morgan fingerprint density at radius 2 is 1.84 bits per heavy atom. The van der Waals surface area contributed by atoms with Gasteiger partial charge in [0.2, 0.25) is 5.91 Å². The van der Waals surface area contributed by atoms with E-state index < -0.39 is 11.9 Å². The number of aromatic carboxylic acids is 1. The molecule has 0 aliphatic carbocycles. The first-order valence-corrected chi connectivity index (χ1v) is 7.80. The van der Waals surface area contributed by atoms with E-state index in [0.29, 0.717) is 0 Å². The summed E-state index contributed by atoms with van der Waals surface area (Å²) in [6.07, 6.45) is 1.00. The summed E-state index contributed by atoms with van der Waals surface area (Å²) in [6.45, 7) is 5.63. The Balaban J connectivity index is 2.09. The standard InChI is InChI=1S/C18H20N2O5/c1-4-20(17(22)14-8-13(10-25-14)18(23)24)9-15(21)19-16-11(2)6-5-7-12(16)3/h5-8,10H,4,9H2,1-3H3,(H,19,21)(H,23,24). The fraction of sp³-hybridized carbons (Fsp3) is 0.278. The van der Waals surface area contributed by atoms with Gasteiger partial charge in [-0.3, -0.25) is 9.59 Å². The smallest absolute Gasteiger partial charge is 0.338 e. The van der Waals surface area contributed by atoms with Crippen molar-refractivity contribution in [3.05, 3.63) is 53.0 Å². The fourth-order valence-corrected chi connectivity index (χ4v) is 2.41. The summed E-state index contributed by atoms with van der Waals surface area (Å²) >= 11 is 0. The van der Waals surface area contributed by atoms with Crippen LogP contribution in [0.2, 0.25) is 0 Å². The van der Waals surface area contributed by atoms with Crippen LogP contribution in [0.4, 0.5) is 5.69 Å². The van der Waals surface area contributed by atoms with Crippen LogP contribution in [0.3, 0.4) is 0 Å². The first-order valence-electron chi connectivity index (χ1n) is 7.80. The van der Waals surface area contributed by atoms with Crippen LogP contribution < -0.4 is 5.32 Å². The number of carboxylic acids is 1. The van der Waals surface area contributed by atoms with Crippen LogP contribution >= 0.6 is 0 Å². The van der Waals surface area contributed by atoms with Crippen molar-refractivity contribution in [3.8, 4) is 0 Å². The van der Waals surface area contributed by atoms with Crippen LogP contribution in [0.5, 0.6) is 0 Å². The van der Waals surface area contributed by atoms with Gasteiger partial charge in [-0.1, -0.05) is 18.2 Å². The molecule has 0 saturated heterocycles. The lowest BCUT2D eigenvalue weighted by Crippen LogP contribution is -2.37. The molecule has 7 heteroatoms. The van der Waals surface area contributed by atoms with Crippen LogP contribution in [-0.2, 0) is 4.79 Å². The maximum absolute atomic E-state index is 12.4. The molecule has 0 atom stereocenters. The summed E-state index contributed by atoms with van der Waals surface area (Å²) in [5.74, 6) is -2.16. The second kappa shape index (κ2) is 7.65. The fourth-order valence-electron chi connectivity index (χ4n) is 2.41. The number of carboxylic acid groups (broad SMARTS) is 1. The van der Waals surface area contributed by atoms with Crippen molar-refractivity contribution in [2.75, 3.05) is 18.4 Å². The number of anilines is 1. The predicted molar refractivity (Wildman–Crippen MR) is 91.8 cm³/mol. The molecule has 2 aromatic rings. The molecule has 0 fully saturated rings. The quantitative estimate of drug-likeness (QED) is 0.839. The van der Waals surface area contributed by atoms with Gasteiger partial charge < -0.3 is 19.7 Å². The van der Waals surface area contributed by atoms with Crippen molar-refractivity contribution in [3.63, 3.8) is 0 Å². The van der Waals surface area contributed by atoms with Gasteiger partial charge in [0.15, 0.2) is 5.76 Å². The van der Waals surface area contributed by atoms with Gasteiger partial charge in [-0.05, 0) is 31.9 Å². The second-order valence-corrected chi connectivity index (χ2v) is 5.64. The van der Waals surface area contributed by atoms with Gasteiger partial charge in [0.1, 0.15) is 12.8 Å². The number of carbonyl (C=O) groups excluding carboxylic acids is 2. The van der Waals surface area contributed by atoms with Gasteiger partial charge in [-0.15, -0.1) is 0 Å². The highest BCUT2D eigenvalue weighted by Gasteiger charge is 2.22. The number of benzene rings is 1. The molecule has 0 unspecified atom stereocenters. The monoisotopic (exact) mass is 344 g/mol. The molecule has 1 aromatic carbocycles. The molecule has 0 bridgehead atoms. The first-order chi connectivity index (χ1) is 11.8. The SMILES string of the molecule is CCN(CC(=O)Nc1c(C)cccc1C)C(=O)c1cc(C(=O)O)co1. The lowest BCUT2D eigenvalue weighted by molar-refractivity contribution is -0.116. The highest BCUT2D eigenvalue weighted by atomic mass is 16.4. The minimum atomic E-state index is -1.18. The zero-order valence-corrected chi connectivity index (χ0v) is 14.3. The number of hydrogen-bond acceptors (Lipinski definition) is 4. The molecule has 0 spiro atoms. The number of likely N-dealkylation sites (N-methyl/N-ethyl adjacent to an activating group) is 1. The van der Waals surface area contributed by atoms with Gasteiger partial charge >= 0.3 is 5.97 Å². The third-order valence-corrected chi connectivity index (χ3v) is 3.81. The van der Waals surface area contributed by atoms with E-state index in [-0.39, 0.29) is 30.3 Å². The second-order valence-electron chi connectivity index (χ2n) is 5.64. The van der Waals surface area contributed by atoms with Gasteiger partial charge in [0, 0.05) is 18.3 Å². The summed E-state index contributed by atoms with van der Waals surface area (Å²) in [7, 11) is 0. The molecule has 7 nitrogen and oxygen atoms in total. The van der Waals surface area contributed by atoms with E-state index in [2.05, 4.69) is 5.32 Å². The zero-order valence-electron chi connectivity index (χ0n) is 14.3. The Labute approximate surface area is 145 Å². The number of carbonyl (C=O) groups is 3. The molecule has 2 amide bonds. The Hall–Kier alpha value is -3.09. The minimum Gasteiger partial charge on any atom is -0.478 e. The maximum atomic E-state index is 12.4. The van der Waals surface area contributed by atoms with E-state index in [1.54, 1.807) is 6.92 Å². The third-order valence-electron chi connectivity index (χ3n) is 3.81. The number of rotatable bonds is 6. The molecule has 0 saturated carbocycles. The average molecular weight is 344 g/mol. The van der Waals surface area contributed by atoms with E-state index in [9.17, 15) is 14.4 Å². The van der Waals surface area contributed by atoms with E-state index in [1.807, 2.05) is 32.0 Å².